The van der Waals surface area contributed by atoms with Gasteiger partial charge in [-0.1, -0.05) is 54.6 Å². The number of aliphatic hydroxyl groups excluding tert-OH is 1. The molecule has 2 aliphatic rings. The lowest BCUT2D eigenvalue weighted by molar-refractivity contribution is -0.166. The highest BCUT2D eigenvalue weighted by Crippen LogP contribution is 2.45. The Morgan fingerprint density at radius 2 is 1.71 bits per heavy atom. The average molecular weight is 560 g/mol. The van der Waals surface area contributed by atoms with Crippen LogP contribution in [0.3, 0.4) is 0 Å². The summed E-state index contributed by atoms with van der Waals surface area (Å²) in [4.78, 5) is 13.4. The molecular weight excluding hydrogens is 522 g/mol. The lowest BCUT2D eigenvalue weighted by Gasteiger charge is -2.37. The van der Waals surface area contributed by atoms with Crippen LogP contribution in [0.25, 0.3) is 11.1 Å². The van der Waals surface area contributed by atoms with E-state index in [0.717, 1.165) is 12.0 Å². The van der Waals surface area contributed by atoms with Crippen molar-refractivity contribution in [3.8, 4) is 16.9 Å². The number of aliphatic hydroxyl groups is 1. The maximum atomic E-state index is 13.4. The SMILES string of the molecule is CCO[C@@H]1OC(C(=O)Nc2ccccc2O)=C[C@H](c2cccc3c2Cc2ccccc2-3)[C@H]1CCOCCOCCO. The van der Waals surface area contributed by atoms with E-state index in [4.69, 9.17) is 24.1 Å². The Kier molecular flexibility index (Phi) is 9.69. The minimum Gasteiger partial charge on any atom is -0.506 e. The fraction of sp³-hybridized carbons (Fsp3) is 0.364. The van der Waals surface area contributed by atoms with Crippen LogP contribution in [0.5, 0.6) is 5.75 Å². The van der Waals surface area contributed by atoms with Gasteiger partial charge >= 0.3 is 0 Å². The first-order valence-corrected chi connectivity index (χ1v) is 14.2. The Morgan fingerprint density at radius 1 is 0.951 bits per heavy atom. The minimum absolute atomic E-state index is 0.0193. The van der Waals surface area contributed by atoms with Crippen LogP contribution in [0.2, 0.25) is 0 Å². The molecule has 41 heavy (non-hydrogen) atoms. The molecule has 0 spiro atoms. The zero-order valence-corrected chi connectivity index (χ0v) is 23.3. The van der Waals surface area contributed by atoms with Crippen LogP contribution in [0.1, 0.15) is 36.0 Å². The lowest BCUT2D eigenvalue weighted by atomic mass is 9.78. The highest BCUT2D eigenvalue weighted by atomic mass is 16.7. The third kappa shape index (κ3) is 6.63. The number of hydrogen-bond acceptors (Lipinski definition) is 7. The molecule has 8 heteroatoms. The Morgan fingerprint density at radius 3 is 2.51 bits per heavy atom. The van der Waals surface area contributed by atoms with E-state index in [1.807, 2.05) is 13.0 Å². The number of fused-ring (bicyclic) bond motifs is 3. The van der Waals surface area contributed by atoms with E-state index in [-0.39, 0.29) is 36.6 Å². The number of allylic oxidation sites excluding steroid dienone is 1. The summed E-state index contributed by atoms with van der Waals surface area (Å²) >= 11 is 0. The van der Waals surface area contributed by atoms with Gasteiger partial charge in [0.05, 0.1) is 32.1 Å². The third-order valence-electron chi connectivity index (χ3n) is 7.54. The second-order valence-corrected chi connectivity index (χ2v) is 10.1. The molecule has 3 atom stereocenters. The number of phenolic OH excluding ortho intramolecular Hbond substituents is 1. The van der Waals surface area contributed by atoms with Crippen LogP contribution in [-0.2, 0) is 30.2 Å². The van der Waals surface area contributed by atoms with Crippen molar-refractivity contribution in [2.45, 2.75) is 32.0 Å². The van der Waals surface area contributed by atoms with E-state index in [2.05, 4.69) is 47.8 Å². The molecule has 3 aromatic carbocycles. The highest BCUT2D eigenvalue weighted by molar-refractivity contribution is 6.03. The van der Waals surface area contributed by atoms with Gasteiger partial charge < -0.3 is 34.5 Å². The van der Waals surface area contributed by atoms with Gasteiger partial charge in [-0.2, -0.15) is 0 Å². The second kappa shape index (κ2) is 13.8. The van der Waals surface area contributed by atoms with Crippen molar-refractivity contribution in [1.82, 2.24) is 0 Å². The van der Waals surface area contributed by atoms with Gasteiger partial charge in [0.25, 0.3) is 5.91 Å². The molecular formula is C33H37NO7. The van der Waals surface area contributed by atoms with Crippen molar-refractivity contribution in [2.75, 3.05) is 45.0 Å². The molecule has 0 saturated heterocycles. The van der Waals surface area contributed by atoms with Crippen LogP contribution < -0.4 is 5.32 Å². The van der Waals surface area contributed by atoms with Crippen LogP contribution in [0.4, 0.5) is 5.69 Å². The molecule has 3 aromatic rings. The van der Waals surface area contributed by atoms with Gasteiger partial charge in [0.1, 0.15) is 5.75 Å². The first-order chi connectivity index (χ1) is 20.1. The predicted molar refractivity (Wildman–Crippen MR) is 156 cm³/mol. The normalized spacial score (nSPS) is 19.2. The summed E-state index contributed by atoms with van der Waals surface area (Å²) in [7, 11) is 0. The molecule has 1 aliphatic carbocycles. The number of para-hydroxylation sites is 2. The van der Waals surface area contributed by atoms with Gasteiger partial charge in [0.2, 0.25) is 6.29 Å². The Hall–Kier alpha value is -3.69. The van der Waals surface area contributed by atoms with E-state index in [9.17, 15) is 9.90 Å². The summed E-state index contributed by atoms with van der Waals surface area (Å²) in [5.41, 5.74) is 6.42. The molecule has 0 saturated carbocycles. The number of hydrogen-bond donors (Lipinski definition) is 3. The van der Waals surface area contributed by atoms with Crippen molar-refractivity contribution in [3.63, 3.8) is 0 Å². The third-order valence-corrected chi connectivity index (χ3v) is 7.54. The van der Waals surface area contributed by atoms with Crippen molar-refractivity contribution in [3.05, 3.63) is 95.3 Å². The van der Waals surface area contributed by atoms with Gasteiger partial charge in [-0.05, 0) is 65.8 Å². The van der Waals surface area contributed by atoms with E-state index < -0.39 is 12.2 Å². The number of ether oxygens (including phenoxy) is 4. The molecule has 1 aliphatic heterocycles. The second-order valence-electron chi connectivity index (χ2n) is 10.1. The summed E-state index contributed by atoms with van der Waals surface area (Å²) < 4.78 is 23.5. The highest BCUT2D eigenvalue weighted by Gasteiger charge is 2.39. The Labute approximate surface area is 240 Å². The van der Waals surface area contributed by atoms with E-state index in [1.54, 1.807) is 18.2 Å². The fourth-order valence-electron chi connectivity index (χ4n) is 5.66. The zero-order valence-electron chi connectivity index (χ0n) is 23.3. The largest absolute Gasteiger partial charge is 0.506 e. The van der Waals surface area contributed by atoms with E-state index in [0.29, 0.717) is 38.5 Å². The monoisotopic (exact) mass is 559 g/mol. The molecule has 3 N–H and O–H groups in total. The minimum atomic E-state index is -0.672. The number of anilines is 1. The molecule has 8 nitrogen and oxygen atoms in total. The molecule has 0 fully saturated rings. The molecule has 0 radical (unpaired) electrons. The molecule has 0 unspecified atom stereocenters. The lowest BCUT2D eigenvalue weighted by Crippen LogP contribution is -2.38. The number of aromatic hydroxyl groups is 1. The molecule has 0 aromatic heterocycles. The van der Waals surface area contributed by atoms with Crippen molar-refractivity contribution >= 4 is 11.6 Å². The summed E-state index contributed by atoms with van der Waals surface area (Å²) in [6, 6.07) is 21.4. The summed E-state index contributed by atoms with van der Waals surface area (Å²) in [5.74, 6) is -0.617. The van der Waals surface area contributed by atoms with Crippen molar-refractivity contribution < 1.29 is 34.0 Å². The van der Waals surface area contributed by atoms with Crippen LogP contribution in [0.15, 0.2) is 78.6 Å². The first kappa shape index (κ1) is 28.8. The Bertz CT molecular complexity index is 1370. The van der Waals surface area contributed by atoms with Gasteiger partial charge in [0, 0.05) is 25.0 Å². The van der Waals surface area contributed by atoms with Crippen LogP contribution >= 0.6 is 0 Å². The van der Waals surface area contributed by atoms with Gasteiger partial charge in [0.15, 0.2) is 5.76 Å². The number of amides is 1. The predicted octanol–water partition coefficient (Wildman–Crippen LogP) is 4.99. The van der Waals surface area contributed by atoms with Crippen LogP contribution in [-0.4, -0.2) is 62.1 Å². The summed E-state index contributed by atoms with van der Waals surface area (Å²) in [6.45, 7) is 3.86. The number of phenols is 1. The fourth-order valence-corrected chi connectivity index (χ4v) is 5.66. The maximum absolute atomic E-state index is 13.4. The zero-order chi connectivity index (χ0) is 28.6. The first-order valence-electron chi connectivity index (χ1n) is 14.2. The number of carbonyl (C=O) groups is 1. The van der Waals surface area contributed by atoms with Gasteiger partial charge in [-0.25, -0.2) is 0 Å². The number of carbonyl (C=O) groups excluding carboxylic acids is 1. The van der Waals surface area contributed by atoms with E-state index >= 15 is 0 Å². The quantitative estimate of drug-likeness (QED) is 0.156. The smallest absolute Gasteiger partial charge is 0.290 e. The molecule has 216 valence electrons. The van der Waals surface area contributed by atoms with Gasteiger partial charge in [-0.3, -0.25) is 4.79 Å². The number of nitrogens with one attached hydrogen (secondary N) is 1. The number of benzene rings is 3. The molecule has 5 rings (SSSR count). The standard InChI is InChI=1S/C33H37NO7/c1-2-40-33-26(14-16-38-18-19-39-17-15-35)28(21-31(41-33)32(37)34-29-12-5-6-13-30(29)36)25-11-7-10-24-23-9-4-3-8-22(23)20-27(24)25/h3-13,21,26,28,33,35-36H,2,14-20H2,1H3,(H,34,37)/t26-,28-,33-/m1/s1. The van der Waals surface area contributed by atoms with E-state index in [1.165, 1.54) is 28.3 Å². The molecule has 1 heterocycles. The molecule has 1 amide bonds. The van der Waals surface area contributed by atoms with Gasteiger partial charge in [-0.15, -0.1) is 0 Å². The number of rotatable bonds is 13. The van der Waals surface area contributed by atoms with Crippen molar-refractivity contribution in [2.24, 2.45) is 5.92 Å². The summed E-state index contributed by atoms with van der Waals surface area (Å²) in [5, 5.41) is 21.9. The summed E-state index contributed by atoms with van der Waals surface area (Å²) in [6.07, 6.45) is 2.67. The van der Waals surface area contributed by atoms with Crippen molar-refractivity contribution in [1.29, 1.82) is 0 Å². The van der Waals surface area contributed by atoms with Crippen LogP contribution in [0, 0.1) is 5.92 Å². The maximum Gasteiger partial charge on any atom is 0.290 e. The molecule has 0 bridgehead atoms. The Balaban J connectivity index is 1.46. The average Bonchev–Trinajstić information content (AvgIpc) is 3.37. The topological polar surface area (TPSA) is 106 Å².